The summed E-state index contributed by atoms with van der Waals surface area (Å²) in [6.07, 6.45) is 1.66. The predicted molar refractivity (Wildman–Crippen MR) is 125 cm³/mol. The first-order chi connectivity index (χ1) is 14.3. The number of rotatable bonds is 5. The summed E-state index contributed by atoms with van der Waals surface area (Å²) in [7, 11) is 3.44. The monoisotopic (exact) mass is 451 g/mol. The van der Waals surface area contributed by atoms with E-state index in [0.717, 1.165) is 5.56 Å². The molecule has 1 unspecified atom stereocenters. The van der Waals surface area contributed by atoms with Crippen molar-refractivity contribution >= 4 is 34.9 Å². The van der Waals surface area contributed by atoms with E-state index in [-0.39, 0.29) is 27.7 Å². The Balaban J connectivity index is 0.000000474. The molecule has 0 heterocycles. The maximum absolute atomic E-state index is 12.1. The summed E-state index contributed by atoms with van der Waals surface area (Å²) in [6.45, 7) is 6.25. The van der Waals surface area contributed by atoms with Gasteiger partial charge in [0.05, 0.1) is 11.6 Å². The quantitative estimate of drug-likeness (QED) is 0.498. The average molecular weight is 452 g/mol. The second kappa shape index (κ2) is 13.3. The second-order valence-corrected chi connectivity index (χ2v) is 7.66. The summed E-state index contributed by atoms with van der Waals surface area (Å²) >= 11 is 12.4. The molecule has 4 nitrogen and oxygen atoms in total. The number of carbonyl (C=O) groups excluding carboxylic acids is 2. The largest absolute Gasteiger partial charge is 0.492 e. The minimum Gasteiger partial charge on any atom is -0.492 e. The second-order valence-electron chi connectivity index (χ2n) is 6.90. The van der Waals surface area contributed by atoms with Crippen LogP contribution in [0.25, 0.3) is 0 Å². The molecule has 0 aliphatic heterocycles. The van der Waals surface area contributed by atoms with Crippen molar-refractivity contribution in [2.45, 2.75) is 40.0 Å². The number of hydrogen-bond acceptors (Lipinski definition) is 3. The highest BCUT2D eigenvalue weighted by atomic mass is 35.5. The third kappa shape index (κ3) is 7.33. The number of carbonyl (C=O) groups is 2. The molecule has 1 aliphatic rings. The van der Waals surface area contributed by atoms with E-state index >= 15 is 0 Å². The van der Waals surface area contributed by atoms with Gasteiger partial charge in [0.1, 0.15) is 10.8 Å². The van der Waals surface area contributed by atoms with Crippen molar-refractivity contribution in [2.24, 2.45) is 5.92 Å². The summed E-state index contributed by atoms with van der Waals surface area (Å²) in [5.41, 5.74) is 1.40. The van der Waals surface area contributed by atoms with Crippen LogP contribution in [0, 0.1) is 5.92 Å². The van der Waals surface area contributed by atoms with E-state index in [1.54, 1.807) is 25.1 Å². The molecular weight excluding hydrogens is 421 g/mol. The molecule has 30 heavy (non-hydrogen) atoms. The molecule has 0 spiro atoms. The number of fused-ring (bicyclic) bond motifs is 1. The molecule has 0 bridgehead atoms. The maximum Gasteiger partial charge on any atom is 0.222 e. The maximum atomic E-state index is 12.1. The van der Waals surface area contributed by atoms with Crippen LogP contribution >= 0.6 is 23.2 Å². The molecular formula is C24H31Cl2NO3. The molecule has 0 radical (unpaired) electrons. The minimum atomic E-state index is -0.0727. The van der Waals surface area contributed by atoms with Gasteiger partial charge >= 0.3 is 0 Å². The van der Waals surface area contributed by atoms with E-state index in [2.05, 4.69) is 0 Å². The molecule has 2 aromatic carbocycles. The fourth-order valence-electron chi connectivity index (χ4n) is 2.87. The molecule has 164 valence electrons. The van der Waals surface area contributed by atoms with Gasteiger partial charge in [-0.2, -0.15) is 0 Å². The molecule has 1 atom stereocenters. The zero-order valence-corrected chi connectivity index (χ0v) is 19.9. The van der Waals surface area contributed by atoms with Crippen molar-refractivity contribution in [2.75, 3.05) is 20.7 Å². The Morgan fingerprint density at radius 2 is 1.60 bits per heavy atom. The van der Waals surface area contributed by atoms with Crippen molar-refractivity contribution in [1.29, 1.82) is 0 Å². The fourth-order valence-corrected chi connectivity index (χ4v) is 3.38. The normalized spacial score (nSPS) is 14.0. The van der Waals surface area contributed by atoms with Crippen LogP contribution in [-0.2, 0) is 11.2 Å². The molecule has 6 heteroatoms. The number of halogens is 2. The van der Waals surface area contributed by atoms with Crippen molar-refractivity contribution in [3.63, 3.8) is 0 Å². The lowest BCUT2D eigenvalue weighted by Crippen LogP contribution is -2.21. The Morgan fingerprint density at radius 3 is 2.10 bits per heavy atom. The van der Waals surface area contributed by atoms with Crippen LogP contribution in [0.15, 0.2) is 42.5 Å². The average Bonchev–Trinajstić information content (AvgIpc) is 3.05. The molecule has 0 fully saturated rings. The van der Waals surface area contributed by atoms with Crippen LogP contribution < -0.4 is 4.74 Å². The topological polar surface area (TPSA) is 46.6 Å². The van der Waals surface area contributed by atoms with E-state index < -0.39 is 0 Å². The number of Topliss-reactive ketones (excluding diaryl/α,β-unsaturated/α-hetero) is 1. The number of ketones is 1. The zero-order chi connectivity index (χ0) is 22.7. The van der Waals surface area contributed by atoms with Crippen LogP contribution in [0.5, 0.6) is 5.75 Å². The highest BCUT2D eigenvalue weighted by Gasteiger charge is 2.31. The molecule has 3 rings (SSSR count). The summed E-state index contributed by atoms with van der Waals surface area (Å²) < 4.78 is 5.65. The van der Waals surface area contributed by atoms with Crippen LogP contribution in [-0.4, -0.2) is 37.3 Å². The Hall–Kier alpha value is -2.04. The number of amides is 1. The smallest absolute Gasteiger partial charge is 0.222 e. The van der Waals surface area contributed by atoms with Gasteiger partial charge < -0.3 is 9.64 Å². The first-order valence-corrected chi connectivity index (χ1v) is 11.0. The molecule has 0 saturated heterocycles. The van der Waals surface area contributed by atoms with Crippen LogP contribution in [0.3, 0.4) is 0 Å². The molecule has 1 aliphatic carbocycles. The Morgan fingerprint density at radius 1 is 1.07 bits per heavy atom. The molecule has 0 N–H and O–H groups in total. The number of ether oxygens (including phenoxy) is 1. The first kappa shape index (κ1) is 26.0. The van der Waals surface area contributed by atoms with E-state index in [0.29, 0.717) is 37.2 Å². The lowest BCUT2D eigenvalue weighted by Gasteiger charge is -2.13. The van der Waals surface area contributed by atoms with Crippen molar-refractivity contribution < 1.29 is 14.3 Å². The Kier molecular flexibility index (Phi) is 11.5. The number of hydrogen-bond donors (Lipinski definition) is 0. The predicted octanol–water partition coefficient (Wildman–Crippen LogP) is 6.33. The molecule has 0 saturated carbocycles. The SMILES string of the molecule is CC.CC1Cc2cc(OCCCC(=O)N(C)C)c(Cl)c(Cl)c2C1=O.c1ccccc1. The lowest BCUT2D eigenvalue weighted by atomic mass is 10.1. The van der Waals surface area contributed by atoms with Crippen molar-refractivity contribution in [3.05, 3.63) is 63.6 Å². The van der Waals surface area contributed by atoms with Crippen LogP contribution in [0.1, 0.15) is 49.5 Å². The van der Waals surface area contributed by atoms with Crippen molar-refractivity contribution in [1.82, 2.24) is 4.90 Å². The third-order valence-corrected chi connectivity index (χ3v) is 5.28. The van der Waals surface area contributed by atoms with Gasteiger partial charge in [0.15, 0.2) is 5.78 Å². The van der Waals surface area contributed by atoms with Gasteiger partial charge in [-0.05, 0) is 24.5 Å². The van der Waals surface area contributed by atoms with Gasteiger partial charge in [0.2, 0.25) is 5.91 Å². The van der Waals surface area contributed by atoms with E-state index in [1.807, 2.05) is 57.2 Å². The summed E-state index contributed by atoms with van der Waals surface area (Å²) in [4.78, 5) is 25.1. The third-order valence-electron chi connectivity index (χ3n) is 4.43. The highest BCUT2D eigenvalue weighted by molar-refractivity contribution is 6.45. The highest BCUT2D eigenvalue weighted by Crippen LogP contribution is 2.42. The molecule has 0 aromatic heterocycles. The van der Waals surface area contributed by atoms with Gasteiger partial charge in [0.25, 0.3) is 0 Å². The summed E-state index contributed by atoms with van der Waals surface area (Å²) in [5.74, 6) is 0.493. The molecule has 2 aromatic rings. The Labute approximate surface area is 190 Å². The van der Waals surface area contributed by atoms with E-state index in [1.165, 1.54) is 0 Å². The minimum absolute atomic E-state index is 0.0324. The fraction of sp³-hybridized carbons (Fsp3) is 0.417. The van der Waals surface area contributed by atoms with Gasteiger partial charge in [-0.1, -0.05) is 80.4 Å². The van der Waals surface area contributed by atoms with Gasteiger partial charge in [-0.25, -0.2) is 0 Å². The zero-order valence-electron chi connectivity index (χ0n) is 18.4. The van der Waals surface area contributed by atoms with Gasteiger partial charge in [0, 0.05) is 32.0 Å². The summed E-state index contributed by atoms with van der Waals surface area (Å²) in [6, 6.07) is 13.8. The standard InChI is InChI=1S/C16H19Cl2NO3.C6H6.C2H6/c1-9-7-10-8-11(14(17)15(18)13(10)16(9)21)22-6-4-5-12(20)19(2)3;1-2-4-6-5-3-1;1-2/h8-9H,4-7H2,1-3H3;1-6H;1-2H3. The number of nitrogens with zero attached hydrogens (tertiary/aromatic N) is 1. The number of benzene rings is 2. The van der Waals surface area contributed by atoms with Gasteiger partial charge in [-0.15, -0.1) is 0 Å². The lowest BCUT2D eigenvalue weighted by molar-refractivity contribution is -0.128. The first-order valence-electron chi connectivity index (χ1n) is 10.2. The van der Waals surface area contributed by atoms with Gasteiger partial charge in [-0.3, -0.25) is 9.59 Å². The van der Waals surface area contributed by atoms with Crippen LogP contribution in [0.4, 0.5) is 0 Å². The summed E-state index contributed by atoms with van der Waals surface area (Å²) in [5, 5.41) is 0.537. The van der Waals surface area contributed by atoms with Crippen LogP contribution in [0.2, 0.25) is 10.0 Å². The van der Waals surface area contributed by atoms with E-state index in [4.69, 9.17) is 27.9 Å². The van der Waals surface area contributed by atoms with E-state index in [9.17, 15) is 9.59 Å². The van der Waals surface area contributed by atoms with Crippen molar-refractivity contribution in [3.8, 4) is 5.75 Å². The molecule has 1 amide bonds. The Bertz CT molecular complexity index is 796.